The molecule has 44 heavy (non-hydrogen) atoms. The summed E-state index contributed by atoms with van der Waals surface area (Å²) >= 11 is 1.46. The molecule has 1 aliphatic carbocycles. The number of hydrogen-bond acceptors (Lipinski definition) is 0. The predicted molar refractivity (Wildman–Crippen MR) is 180 cm³/mol. The predicted octanol–water partition coefficient (Wildman–Crippen LogP) is 4.42. The van der Waals surface area contributed by atoms with Gasteiger partial charge < -0.3 is 24.8 Å². The zero-order valence-electron chi connectivity index (χ0n) is 26.1. The average molecular weight is 695 g/mol. The number of aryl methyl sites for hydroxylation is 1. The van der Waals surface area contributed by atoms with Crippen molar-refractivity contribution >= 4 is 15.4 Å². The Kier molecular flexibility index (Phi) is 14.8. The number of hydrogen-bond donors (Lipinski definition) is 0. The SMILES string of the molecule is C=Cc1c[c-]c2c(c1)-c1cc(C=C)ccc1C2.CCc1cc(C(C)(C)C)c[cH-]1.[Cl-].[Cl-].[Zr+2]=[C](c1ccccc1)c1ccccc1. The summed E-state index contributed by atoms with van der Waals surface area (Å²) in [6, 6.07) is 41.9. The van der Waals surface area contributed by atoms with E-state index in [1.165, 1.54) is 77.5 Å². The van der Waals surface area contributed by atoms with E-state index in [1.807, 2.05) is 18.2 Å². The molecule has 0 amide bonds. The third kappa shape index (κ3) is 9.77. The molecule has 0 radical (unpaired) electrons. The van der Waals surface area contributed by atoms with Crippen LogP contribution in [0.25, 0.3) is 23.3 Å². The van der Waals surface area contributed by atoms with Crippen LogP contribution in [0, 0.1) is 6.07 Å². The topological polar surface area (TPSA) is 0 Å². The molecule has 0 aliphatic heterocycles. The maximum absolute atomic E-state index is 3.82. The number of benzene rings is 4. The summed E-state index contributed by atoms with van der Waals surface area (Å²) in [5.41, 5.74) is 13.4. The molecule has 5 aromatic rings. The van der Waals surface area contributed by atoms with Gasteiger partial charge in [0.2, 0.25) is 0 Å². The van der Waals surface area contributed by atoms with Gasteiger partial charge in [0.1, 0.15) is 0 Å². The van der Waals surface area contributed by atoms with Gasteiger partial charge in [-0.1, -0.05) is 81.5 Å². The summed E-state index contributed by atoms with van der Waals surface area (Å²) in [7, 11) is 0. The summed E-state index contributed by atoms with van der Waals surface area (Å²) in [5.74, 6) is 0. The first-order valence-corrected chi connectivity index (χ1v) is 15.8. The number of fused-ring (bicyclic) bond motifs is 3. The van der Waals surface area contributed by atoms with Gasteiger partial charge in [0.25, 0.3) is 0 Å². The van der Waals surface area contributed by atoms with Crippen LogP contribution < -0.4 is 24.8 Å². The zero-order chi connectivity index (χ0) is 30.1. The minimum absolute atomic E-state index is 0. The van der Waals surface area contributed by atoms with Crippen LogP contribution >= 0.6 is 0 Å². The van der Waals surface area contributed by atoms with Crippen LogP contribution in [0.2, 0.25) is 0 Å². The van der Waals surface area contributed by atoms with Crippen LogP contribution in [-0.2, 0) is 42.5 Å². The van der Waals surface area contributed by atoms with Gasteiger partial charge in [-0.15, -0.1) is 23.8 Å². The molecular weight excluding hydrogens is 655 g/mol. The molecule has 0 saturated heterocycles. The van der Waals surface area contributed by atoms with Crippen LogP contribution in [0.1, 0.15) is 72.2 Å². The molecule has 3 heteroatoms. The first kappa shape index (κ1) is 37.2. The van der Waals surface area contributed by atoms with E-state index in [4.69, 9.17) is 0 Å². The van der Waals surface area contributed by atoms with Crippen molar-refractivity contribution in [1.82, 2.24) is 0 Å². The Balaban J connectivity index is 0.000000231. The molecule has 0 N–H and O–H groups in total. The van der Waals surface area contributed by atoms with Crippen molar-refractivity contribution in [2.75, 3.05) is 0 Å². The normalized spacial score (nSPS) is 10.7. The molecule has 224 valence electrons. The van der Waals surface area contributed by atoms with E-state index in [0.29, 0.717) is 5.41 Å². The third-order valence-electron chi connectivity index (χ3n) is 7.53. The van der Waals surface area contributed by atoms with Crippen molar-refractivity contribution in [1.29, 1.82) is 0 Å². The van der Waals surface area contributed by atoms with Crippen molar-refractivity contribution in [2.24, 2.45) is 0 Å². The average Bonchev–Trinajstić information content (AvgIpc) is 3.67. The summed E-state index contributed by atoms with van der Waals surface area (Å²) in [4.78, 5) is 0. The van der Waals surface area contributed by atoms with Crippen molar-refractivity contribution in [3.8, 4) is 11.1 Å². The molecule has 1 aliphatic rings. The molecule has 0 bridgehead atoms. The Labute approximate surface area is 292 Å². The summed E-state index contributed by atoms with van der Waals surface area (Å²) in [6.45, 7) is 16.6. The van der Waals surface area contributed by atoms with Gasteiger partial charge in [-0.2, -0.15) is 47.0 Å². The van der Waals surface area contributed by atoms with Crippen molar-refractivity contribution in [2.45, 2.75) is 46.0 Å². The Bertz CT molecular complexity index is 1560. The fourth-order valence-electron chi connectivity index (χ4n) is 4.92. The van der Waals surface area contributed by atoms with Crippen molar-refractivity contribution in [3.05, 3.63) is 173 Å². The summed E-state index contributed by atoms with van der Waals surface area (Å²) in [6.07, 6.45) is 5.89. The van der Waals surface area contributed by atoms with Crippen LogP contribution in [0.3, 0.4) is 0 Å². The Morgan fingerprint density at radius 2 is 1.39 bits per heavy atom. The zero-order valence-corrected chi connectivity index (χ0v) is 30.1. The van der Waals surface area contributed by atoms with Gasteiger partial charge >= 0.3 is 99.2 Å². The fraction of sp³-hybridized carbons (Fsp3) is 0.171. The first-order chi connectivity index (χ1) is 20.2. The van der Waals surface area contributed by atoms with Crippen LogP contribution in [0.4, 0.5) is 0 Å². The van der Waals surface area contributed by atoms with E-state index in [1.54, 1.807) is 0 Å². The van der Waals surface area contributed by atoms with Gasteiger partial charge in [0.05, 0.1) is 0 Å². The molecule has 0 unspecified atom stereocenters. The summed E-state index contributed by atoms with van der Waals surface area (Å²) in [5, 5.41) is 0. The van der Waals surface area contributed by atoms with Gasteiger partial charge in [-0.25, -0.2) is 6.07 Å². The van der Waals surface area contributed by atoms with Gasteiger partial charge in [-0.05, 0) is 12.0 Å². The molecule has 6 rings (SSSR count). The Morgan fingerprint density at radius 1 is 0.818 bits per heavy atom. The second-order valence-corrected chi connectivity index (χ2v) is 12.8. The Morgan fingerprint density at radius 3 is 1.86 bits per heavy atom. The molecule has 0 heterocycles. The Hall–Kier alpha value is -2.96. The minimum atomic E-state index is 0. The van der Waals surface area contributed by atoms with E-state index in [-0.39, 0.29) is 24.8 Å². The number of rotatable bonds is 5. The van der Waals surface area contributed by atoms with Crippen LogP contribution in [-0.4, -0.2) is 3.21 Å². The van der Waals surface area contributed by atoms with Gasteiger partial charge in [0.15, 0.2) is 0 Å². The standard InChI is InChI=1S/C17H13.C13H10.C11H17.2ClH.Zr/c1-3-12-5-7-14-11-15-8-6-13(4-2)10-17(15)16(14)9-12;1-3-7-12(8-4-1)11-13-9-5-2-6-10-13;1-5-9-6-7-10(8-9)11(2,3)4;;;/h3-7,9-10H,1-2,11H2;1-10H;6-8H,5H2,1-4H3;2*1H;/q-1;;-1;;;+2/p-2. The van der Waals surface area contributed by atoms with E-state index in [0.717, 1.165) is 18.4 Å². The van der Waals surface area contributed by atoms with Crippen LogP contribution in [0.15, 0.2) is 122 Å². The molecule has 0 nitrogen and oxygen atoms in total. The monoisotopic (exact) mass is 692 g/mol. The fourth-order valence-corrected chi connectivity index (χ4v) is 5.74. The van der Waals surface area contributed by atoms with Gasteiger partial charge in [-0.3, -0.25) is 0 Å². The molecule has 5 aromatic carbocycles. The quantitative estimate of drug-likeness (QED) is 0.235. The first-order valence-electron chi connectivity index (χ1n) is 14.6. The van der Waals surface area contributed by atoms with Crippen molar-refractivity contribution < 1.29 is 49.0 Å². The van der Waals surface area contributed by atoms with E-state index in [2.05, 4.69) is 150 Å². The molecule has 0 aromatic heterocycles. The van der Waals surface area contributed by atoms with E-state index in [9.17, 15) is 0 Å². The second kappa shape index (κ2) is 17.5. The summed E-state index contributed by atoms with van der Waals surface area (Å²) < 4.78 is 1.42. The van der Waals surface area contributed by atoms with Gasteiger partial charge in [0, 0.05) is 0 Å². The molecule has 0 fully saturated rings. The molecule has 0 saturated carbocycles. The van der Waals surface area contributed by atoms with E-state index < -0.39 is 0 Å². The number of halogens is 2. The van der Waals surface area contributed by atoms with Crippen LogP contribution in [0.5, 0.6) is 0 Å². The third-order valence-corrected chi connectivity index (χ3v) is 8.95. The van der Waals surface area contributed by atoms with E-state index >= 15 is 0 Å². The van der Waals surface area contributed by atoms with Crippen molar-refractivity contribution in [3.63, 3.8) is 0 Å². The molecule has 0 atom stereocenters. The second-order valence-electron chi connectivity index (χ2n) is 11.5. The maximum atomic E-state index is 3.82. The molecular formula is C41H40Cl2Zr-2. The molecule has 0 spiro atoms.